The van der Waals surface area contributed by atoms with Gasteiger partial charge in [-0.1, -0.05) is 60.7 Å². The van der Waals surface area contributed by atoms with Gasteiger partial charge in [0.15, 0.2) is 0 Å². The summed E-state index contributed by atoms with van der Waals surface area (Å²) in [4.78, 5) is 9.67. The molecule has 0 amide bonds. The number of hydrogen-bond acceptors (Lipinski definition) is 4. The summed E-state index contributed by atoms with van der Waals surface area (Å²) in [6.07, 6.45) is 0. The molecule has 2 aromatic carbocycles. The molecule has 2 heterocycles. The molecule has 2 aromatic heterocycles. The molecule has 138 valence electrons. The lowest BCUT2D eigenvalue weighted by molar-refractivity contribution is 1.12. The van der Waals surface area contributed by atoms with Crippen molar-refractivity contribution in [1.29, 1.82) is 0 Å². The highest BCUT2D eigenvalue weighted by Crippen LogP contribution is 2.38. The van der Waals surface area contributed by atoms with Gasteiger partial charge >= 0.3 is 0 Å². The molecule has 4 rings (SSSR count). The molecule has 0 fully saturated rings. The van der Waals surface area contributed by atoms with Gasteiger partial charge in [0.05, 0.1) is 11.4 Å². The van der Waals surface area contributed by atoms with E-state index in [9.17, 15) is 0 Å². The highest BCUT2D eigenvalue weighted by molar-refractivity contribution is 8.76. The van der Waals surface area contributed by atoms with Crippen molar-refractivity contribution in [3.05, 3.63) is 96.1 Å². The zero-order valence-corrected chi connectivity index (χ0v) is 17.4. The lowest BCUT2D eigenvalue weighted by Gasteiger charge is -2.08. The van der Waals surface area contributed by atoms with Crippen LogP contribution in [0.2, 0.25) is 0 Å². The second-order valence-corrected chi connectivity index (χ2v) is 8.80. The number of nitrogens with zero attached hydrogens (tertiary/aromatic N) is 2. The zero-order valence-electron chi connectivity index (χ0n) is 15.8. The summed E-state index contributed by atoms with van der Waals surface area (Å²) in [5, 5.41) is 1.99. The third-order valence-electron chi connectivity index (χ3n) is 4.24. The molecule has 0 unspecified atom stereocenters. The third kappa shape index (κ3) is 4.64. The van der Waals surface area contributed by atoms with Crippen molar-refractivity contribution in [2.24, 2.45) is 0 Å². The standard InChI is InChI=1S/C24H20N2S2/c1-17-13-21(19-9-5-3-6-10-19)25-23(15-17)27-28-24-16-18(2)14-22(26-24)20-11-7-4-8-12-20/h3-16H,1-2H3. The molecule has 0 N–H and O–H groups in total. The van der Waals surface area contributed by atoms with E-state index in [4.69, 9.17) is 9.97 Å². The van der Waals surface area contributed by atoms with Gasteiger partial charge < -0.3 is 0 Å². The normalized spacial score (nSPS) is 10.8. The molecule has 0 aliphatic carbocycles. The lowest BCUT2D eigenvalue weighted by Crippen LogP contribution is -1.89. The monoisotopic (exact) mass is 400 g/mol. The zero-order chi connectivity index (χ0) is 19.3. The summed E-state index contributed by atoms with van der Waals surface area (Å²) in [6, 6.07) is 29.1. The highest BCUT2D eigenvalue weighted by Gasteiger charge is 2.08. The molecule has 0 aliphatic rings. The van der Waals surface area contributed by atoms with Crippen LogP contribution in [0.1, 0.15) is 11.1 Å². The summed E-state index contributed by atoms with van der Waals surface area (Å²) < 4.78 is 0. The van der Waals surface area contributed by atoms with Crippen molar-refractivity contribution in [1.82, 2.24) is 9.97 Å². The summed E-state index contributed by atoms with van der Waals surface area (Å²) in [7, 11) is 3.30. The number of aryl methyl sites for hydroxylation is 2. The van der Waals surface area contributed by atoms with Crippen molar-refractivity contribution in [3.8, 4) is 22.5 Å². The molecule has 0 saturated heterocycles. The van der Waals surface area contributed by atoms with Crippen LogP contribution in [0.15, 0.2) is 95.0 Å². The van der Waals surface area contributed by atoms with Crippen molar-refractivity contribution in [2.45, 2.75) is 23.9 Å². The van der Waals surface area contributed by atoms with Crippen LogP contribution in [0.25, 0.3) is 22.5 Å². The van der Waals surface area contributed by atoms with E-state index in [0.29, 0.717) is 0 Å². The van der Waals surface area contributed by atoms with Crippen LogP contribution in [-0.4, -0.2) is 9.97 Å². The minimum Gasteiger partial charge on any atom is -0.241 e. The average Bonchev–Trinajstić information content (AvgIpc) is 2.73. The first-order valence-electron chi connectivity index (χ1n) is 9.10. The van der Waals surface area contributed by atoms with Gasteiger partial charge in [-0.25, -0.2) is 9.97 Å². The molecule has 0 bridgehead atoms. The first-order chi connectivity index (χ1) is 13.7. The van der Waals surface area contributed by atoms with E-state index in [1.54, 1.807) is 21.6 Å². The molecule has 28 heavy (non-hydrogen) atoms. The summed E-state index contributed by atoms with van der Waals surface area (Å²) in [5.74, 6) is 0. The highest BCUT2D eigenvalue weighted by atomic mass is 33.1. The van der Waals surface area contributed by atoms with E-state index < -0.39 is 0 Å². The van der Waals surface area contributed by atoms with E-state index in [2.05, 4.69) is 62.4 Å². The quantitative estimate of drug-likeness (QED) is 0.330. The Morgan fingerprint density at radius 3 is 1.32 bits per heavy atom. The second kappa shape index (κ2) is 8.63. The first-order valence-corrected chi connectivity index (χ1v) is 11.2. The van der Waals surface area contributed by atoms with Crippen LogP contribution in [0, 0.1) is 13.8 Å². The van der Waals surface area contributed by atoms with Crippen molar-refractivity contribution in [3.63, 3.8) is 0 Å². The molecular formula is C24H20N2S2. The Bertz CT molecular complexity index is 991. The molecule has 0 saturated carbocycles. The van der Waals surface area contributed by atoms with Gasteiger partial charge in [0, 0.05) is 11.1 Å². The summed E-state index contributed by atoms with van der Waals surface area (Å²) in [5.41, 5.74) is 6.70. The minimum absolute atomic E-state index is 0.994. The number of hydrogen-bond donors (Lipinski definition) is 0. The Kier molecular flexibility index (Phi) is 5.79. The van der Waals surface area contributed by atoms with Crippen molar-refractivity contribution >= 4 is 21.6 Å². The van der Waals surface area contributed by atoms with Crippen LogP contribution in [0.4, 0.5) is 0 Å². The van der Waals surface area contributed by atoms with Crippen molar-refractivity contribution < 1.29 is 0 Å². The Morgan fingerprint density at radius 1 is 0.536 bits per heavy atom. The fourth-order valence-electron chi connectivity index (χ4n) is 2.96. The van der Waals surface area contributed by atoms with E-state index in [-0.39, 0.29) is 0 Å². The van der Waals surface area contributed by atoms with Gasteiger partial charge in [-0.15, -0.1) is 0 Å². The molecule has 0 radical (unpaired) electrons. The number of rotatable bonds is 5. The number of pyridine rings is 2. The Morgan fingerprint density at radius 2 is 0.929 bits per heavy atom. The third-order valence-corrected chi connectivity index (χ3v) is 6.36. The molecule has 0 atom stereocenters. The maximum absolute atomic E-state index is 4.84. The van der Waals surface area contributed by atoms with Crippen molar-refractivity contribution in [2.75, 3.05) is 0 Å². The fraction of sp³-hybridized carbons (Fsp3) is 0.0833. The number of aromatic nitrogens is 2. The van der Waals surface area contributed by atoms with Gasteiger partial charge in [0.25, 0.3) is 0 Å². The van der Waals surface area contributed by atoms with E-state index >= 15 is 0 Å². The van der Waals surface area contributed by atoms with E-state index in [1.807, 2.05) is 36.4 Å². The maximum Gasteiger partial charge on any atom is 0.108 e. The smallest absolute Gasteiger partial charge is 0.108 e. The van der Waals surface area contributed by atoms with Gasteiger partial charge in [-0.05, 0) is 70.8 Å². The van der Waals surface area contributed by atoms with Crippen LogP contribution < -0.4 is 0 Å². The lowest BCUT2D eigenvalue weighted by atomic mass is 10.1. The molecule has 2 nitrogen and oxygen atoms in total. The van der Waals surface area contributed by atoms with Crippen LogP contribution in [-0.2, 0) is 0 Å². The topological polar surface area (TPSA) is 25.8 Å². The van der Waals surface area contributed by atoms with E-state index in [0.717, 1.165) is 32.6 Å². The summed E-state index contributed by atoms with van der Waals surface area (Å²) in [6.45, 7) is 4.22. The summed E-state index contributed by atoms with van der Waals surface area (Å²) >= 11 is 0. The fourth-order valence-corrected chi connectivity index (χ4v) is 4.89. The maximum atomic E-state index is 4.84. The van der Waals surface area contributed by atoms with E-state index in [1.165, 1.54) is 11.1 Å². The Hall–Kier alpha value is -2.56. The molecular weight excluding hydrogens is 380 g/mol. The second-order valence-electron chi connectivity index (χ2n) is 6.63. The predicted octanol–water partition coefficient (Wildman–Crippen LogP) is 7.23. The Balaban J connectivity index is 1.57. The van der Waals surface area contributed by atoms with Gasteiger partial charge in [-0.2, -0.15) is 0 Å². The molecule has 0 aliphatic heterocycles. The Labute approximate surface area is 173 Å². The SMILES string of the molecule is Cc1cc(SSc2cc(C)cc(-c3ccccc3)n2)nc(-c2ccccc2)c1. The van der Waals surface area contributed by atoms with Gasteiger partial charge in [-0.3, -0.25) is 0 Å². The van der Waals surface area contributed by atoms with Crippen LogP contribution >= 0.6 is 21.6 Å². The number of benzene rings is 2. The molecule has 4 heteroatoms. The van der Waals surface area contributed by atoms with Crippen LogP contribution in [0.5, 0.6) is 0 Å². The molecule has 4 aromatic rings. The molecule has 0 spiro atoms. The predicted molar refractivity (Wildman–Crippen MR) is 121 cm³/mol. The van der Waals surface area contributed by atoms with Crippen LogP contribution in [0.3, 0.4) is 0 Å². The minimum atomic E-state index is 0.994. The largest absolute Gasteiger partial charge is 0.241 e. The van der Waals surface area contributed by atoms with Gasteiger partial charge in [0.2, 0.25) is 0 Å². The van der Waals surface area contributed by atoms with Gasteiger partial charge in [0.1, 0.15) is 10.1 Å². The average molecular weight is 401 g/mol. The first kappa shape index (κ1) is 18.8.